The smallest absolute Gasteiger partial charge is 0.322 e. The van der Waals surface area contributed by atoms with Gasteiger partial charge in [-0.25, -0.2) is 9.97 Å². The molecule has 20 heavy (non-hydrogen) atoms. The molecule has 3 rings (SSSR count). The van der Waals surface area contributed by atoms with E-state index in [-0.39, 0.29) is 0 Å². The van der Waals surface area contributed by atoms with Gasteiger partial charge in [-0.2, -0.15) is 0 Å². The highest BCUT2D eigenvalue weighted by molar-refractivity contribution is 5.49. The maximum Gasteiger partial charge on any atom is 0.322 e. The summed E-state index contributed by atoms with van der Waals surface area (Å²) in [5.41, 5.74) is 3.10. The Morgan fingerprint density at radius 2 is 1.55 bits per heavy atom. The molecule has 1 saturated heterocycles. The molecule has 0 amide bonds. The summed E-state index contributed by atoms with van der Waals surface area (Å²) < 4.78 is 5.72. The molecule has 1 aromatic carbocycles. The molecule has 2 heterocycles. The standard InChI is InChI=1S/C16H19N3O/c1-12-11-13(2)18-16(17-12)20-15-7-5-14(6-8-15)19-9-3-4-10-19/h5-8,11H,3-4,9-10H2,1-2H3. The van der Waals surface area contributed by atoms with E-state index in [9.17, 15) is 0 Å². The van der Waals surface area contributed by atoms with Crippen LogP contribution in [0, 0.1) is 13.8 Å². The third-order valence-electron chi connectivity index (χ3n) is 3.48. The van der Waals surface area contributed by atoms with Gasteiger partial charge in [0.2, 0.25) is 0 Å². The number of hydrogen-bond donors (Lipinski definition) is 0. The first-order chi connectivity index (χ1) is 9.70. The van der Waals surface area contributed by atoms with Crippen LogP contribution in [-0.4, -0.2) is 23.1 Å². The van der Waals surface area contributed by atoms with Crippen LogP contribution in [0.1, 0.15) is 24.2 Å². The lowest BCUT2D eigenvalue weighted by molar-refractivity contribution is 0.439. The lowest BCUT2D eigenvalue weighted by atomic mass is 10.3. The number of nitrogens with zero attached hydrogens (tertiary/aromatic N) is 3. The van der Waals surface area contributed by atoms with Gasteiger partial charge in [-0.1, -0.05) is 0 Å². The van der Waals surface area contributed by atoms with Gasteiger partial charge in [0.25, 0.3) is 0 Å². The molecule has 0 N–H and O–H groups in total. The molecule has 0 atom stereocenters. The summed E-state index contributed by atoms with van der Waals surface area (Å²) >= 11 is 0. The molecular formula is C16H19N3O. The number of ether oxygens (including phenoxy) is 1. The van der Waals surface area contributed by atoms with Gasteiger partial charge in [0.1, 0.15) is 5.75 Å². The fourth-order valence-electron chi connectivity index (χ4n) is 2.54. The van der Waals surface area contributed by atoms with Crippen molar-refractivity contribution >= 4 is 5.69 Å². The summed E-state index contributed by atoms with van der Waals surface area (Å²) in [5, 5.41) is 0. The molecule has 0 aliphatic carbocycles. The van der Waals surface area contributed by atoms with Crippen molar-refractivity contribution in [2.45, 2.75) is 26.7 Å². The van der Waals surface area contributed by atoms with Crippen molar-refractivity contribution in [1.29, 1.82) is 0 Å². The van der Waals surface area contributed by atoms with Gasteiger partial charge in [-0.15, -0.1) is 0 Å². The van der Waals surface area contributed by atoms with Crippen molar-refractivity contribution in [3.63, 3.8) is 0 Å². The van der Waals surface area contributed by atoms with Gasteiger partial charge in [0.05, 0.1) is 0 Å². The van der Waals surface area contributed by atoms with E-state index >= 15 is 0 Å². The minimum absolute atomic E-state index is 0.413. The van der Waals surface area contributed by atoms with Crippen LogP contribution >= 0.6 is 0 Å². The highest BCUT2D eigenvalue weighted by Gasteiger charge is 2.12. The summed E-state index contributed by atoms with van der Waals surface area (Å²) in [4.78, 5) is 11.0. The fourth-order valence-corrected chi connectivity index (χ4v) is 2.54. The summed E-state index contributed by atoms with van der Waals surface area (Å²) in [5.74, 6) is 0.776. The second-order valence-electron chi connectivity index (χ2n) is 5.22. The van der Waals surface area contributed by atoms with Crippen LogP contribution in [0.3, 0.4) is 0 Å². The Morgan fingerprint density at radius 1 is 0.950 bits per heavy atom. The Bertz CT molecular complexity index is 569. The molecule has 0 bridgehead atoms. The number of hydrogen-bond acceptors (Lipinski definition) is 4. The molecule has 4 nitrogen and oxygen atoms in total. The van der Waals surface area contributed by atoms with Crippen LogP contribution in [0.5, 0.6) is 11.8 Å². The Hall–Kier alpha value is -2.10. The molecule has 1 aliphatic heterocycles. The van der Waals surface area contributed by atoms with Crippen LogP contribution < -0.4 is 9.64 Å². The van der Waals surface area contributed by atoms with Crippen LogP contribution in [0.25, 0.3) is 0 Å². The van der Waals surface area contributed by atoms with Gasteiger partial charge in [-0.05, 0) is 57.0 Å². The van der Waals surface area contributed by atoms with E-state index in [1.807, 2.05) is 32.0 Å². The van der Waals surface area contributed by atoms with Crippen LogP contribution in [-0.2, 0) is 0 Å². The topological polar surface area (TPSA) is 38.2 Å². The zero-order valence-corrected chi connectivity index (χ0v) is 12.0. The third kappa shape index (κ3) is 2.90. The second-order valence-corrected chi connectivity index (χ2v) is 5.22. The number of aryl methyl sites for hydroxylation is 2. The molecule has 1 aliphatic rings. The first-order valence-corrected chi connectivity index (χ1v) is 7.06. The van der Waals surface area contributed by atoms with Crippen molar-refractivity contribution in [3.8, 4) is 11.8 Å². The van der Waals surface area contributed by atoms with Crippen molar-refractivity contribution in [2.75, 3.05) is 18.0 Å². The van der Waals surface area contributed by atoms with Crippen molar-refractivity contribution in [2.24, 2.45) is 0 Å². The summed E-state index contributed by atoms with van der Waals surface area (Å²) in [6, 6.07) is 10.5. The average Bonchev–Trinajstić information content (AvgIpc) is 2.92. The quantitative estimate of drug-likeness (QED) is 0.855. The normalized spacial score (nSPS) is 14.6. The predicted octanol–water partition coefficient (Wildman–Crippen LogP) is 3.49. The molecule has 2 aromatic rings. The summed E-state index contributed by atoms with van der Waals surface area (Å²) in [6.07, 6.45) is 2.57. The zero-order chi connectivity index (χ0) is 13.9. The second kappa shape index (κ2) is 5.49. The Kier molecular flexibility index (Phi) is 3.54. The highest BCUT2D eigenvalue weighted by Crippen LogP contribution is 2.25. The Balaban J connectivity index is 1.74. The van der Waals surface area contributed by atoms with Crippen molar-refractivity contribution in [1.82, 2.24) is 9.97 Å². The average molecular weight is 269 g/mol. The maximum atomic E-state index is 5.72. The third-order valence-corrected chi connectivity index (χ3v) is 3.48. The van der Waals surface area contributed by atoms with E-state index in [0.29, 0.717) is 6.01 Å². The first kappa shape index (κ1) is 12.9. The minimum Gasteiger partial charge on any atom is -0.424 e. The van der Waals surface area contributed by atoms with E-state index in [4.69, 9.17) is 4.74 Å². The molecule has 4 heteroatoms. The molecule has 104 valence electrons. The van der Waals surface area contributed by atoms with Crippen LogP contribution in [0.2, 0.25) is 0 Å². The molecule has 0 radical (unpaired) electrons. The number of benzene rings is 1. The zero-order valence-electron chi connectivity index (χ0n) is 12.0. The van der Waals surface area contributed by atoms with E-state index in [1.54, 1.807) is 0 Å². The molecule has 0 spiro atoms. The SMILES string of the molecule is Cc1cc(C)nc(Oc2ccc(N3CCCC3)cc2)n1. The van der Waals surface area contributed by atoms with Crippen molar-refractivity contribution < 1.29 is 4.74 Å². The van der Waals surface area contributed by atoms with E-state index in [2.05, 4.69) is 27.0 Å². The summed E-state index contributed by atoms with van der Waals surface area (Å²) in [7, 11) is 0. The van der Waals surface area contributed by atoms with Gasteiger partial charge >= 0.3 is 6.01 Å². The number of rotatable bonds is 3. The minimum atomic E-state index is 0.413. The Labute approximate surface area is 119 Å². The number of anilines is 1. The number of aromatic nitrogens is 2. The van der Waals surface area contributed by atoms with Gasteiger partial charge in [0.15, 0.2) is 0 Å². The lowest BCUT2D eigenvalue weighted by Gasteiger charge is -2.17. The van der Waals surface area contributed by atoms with Crippen LogP contribution in [0.15, 0.2) is 30.3 Å². The molecule has 1 aromatic heterocycles. The van der Waals surface area contributed by atoms with Gasteiger partial charge in [0, 0.05) is 30.2 Å². The molecule has 1 fully saturated rings. The van der Waals surface area contributed by atoms with Crippen molar-refractivity contribution in [3.05, 3.63) is 41.7 Å². The highest BCUT2D eigenvalue weighted by atomic mass is 16.5. The lowest BCUT2D eigenvalue weighted by Crippen LogP contribution is -2.17. The maximum absolute atomic E-state index is 5.72. The molecule has 0 unspecified atom stereocenters. The largest absolute Gasteiger partial charge is 0.424 e. The van der Waals surface area contributed by atoms with Gasteiger partial charge < -0.3 is 9.64 Å². The van der Waals surface area contributed by atoms with E-state index in [1.165, 1.54) is 18.5 Å². The van der Waals surface area contributed by atoms with E-state index in [0.717, 1.165) is 30.2 Å². The molecular weight excluding hydrogens is 250 g/mol. The molecule has 0 saturated carbocycles. The van der Waals surface area contributed by atoms with Gasteiger partial charge in [-0.3, -0.25) is 0 Å². The first-order valence-electron chi connectivity index (χ1n) is 7.06. The monoisotopic (exact) mass is 269 g/mol. The fraction of sp³-hybridized carbons (Fsp3) is 0.375. The Morgan fingerprint density at radius 3 is 2.15 bits per heavy atom. The summed E-state index contributed by atoms with van der Waals surface area (Å²) in [6.45, 7) is 6.19. The predicted molar refractivity (Wildman–Crippen MR) is 79.5 cm³/mol. The van der Waals surface area contributed by atoms with Crippen LogP contribution in [0.4, 0.5) is 5.69 Å². The van der Waals surface area contributed by atoms with E-state index < -0.39 is 0 Å².